The summed E-state index contributed by atoms with van der Waals surface area (Å²) in [6.07, 6.45) is 6.70. The summed E-state index contributed by atoms with van der Waals surface area (Å²) in [4.78, 5) is 33.7. The van der Waals surface area contributed by atoms with Gasteiger partial charge in [0.05, 0.1) is 18.5 Å². The Balaban J connectivity index is 1.49. The molecule has 2 atom stereocenters. The summed E-state index contributed by atoms with van der Waals surface area (Å²) >= 11 is 6.13. The molecule has 0 spiro atoms. The first-order chi connectivity index (χ1) is 17.0. The summed E-state index contributed by atoms with van der Waals surface area (Å²) in [6.45, 7) is 0.454. The Bertz CT molecular complexity index is 1020. The van der Waals surface area contributed by atoms with E-state index in [4.69, 9.17) is 11.6 Å². The van der Waals surface area contributed by atoms with Gasteiger partial charge >= 0.3 is 0 Å². The maximum Gasteiger partial charge on any atom is 0.243 e. The molecule has 1 aliphatic carbocycles. The number of rotatable bonds is 10. The van der Waals surface area contributed by atoms with Crippen LogP contribution in [0.5, 0.6) is 0 Å². The number of aromatic nitrogens is 2. The Morgan fingerprint density at radius 3 is 2.69 bits per heavy atom. The number of carbonyl (C=O) groups is 2. The molecule has 1 aromatic heterocycles. The van der Waals surface area contributed by atoms with E-state index in [0.29, 0.717) is 23.9 Å². The van der Waals surface area contributed by atoms with Crippen molar-refractivity contribution in [3.63, 3.8) is 0 Å². The third kappa shape index (κ3) is 6.18. The van der Waals surface area contributed by atoms with Crippen LogP contribution in [-0.4, -0.2) is 45.6 Å². The molecule has 3 N–H and O–H groups in total. The van der Waals surface area contributed by atoms with E-state index in [1.165, 1.54) is 0 Å². The number of hydrogen-bond acceptors (Lipinski definition) is 7. The van der Waals surface area contributed by atoms with Crippen LogP contribution in [0, 0.1) is 17.7 Å². The van der Waals surface area contributed by atoms with Crippen molar-refractivity contribution in [1.82, 2.24) is 20.5 Å². The average molecular weight is 505 g/mol. The van der Waals surface area contributed by atoms with Gasteiger partial charge in [-0.15, -0.1) is 0 Å². The van der Waals surface area contributed by atoms with Gasteiger partial charge in [-0.2, -0.15) is 14.4 Å². The van der Waals surface area contributed by atoms with Crippen LogP contribution in [0.2, 0.25) is 5.28 Å². The number of halogens is 2. The monoisotopic (exact) mass is 504 g/mol. The highest BCUT2D eigenvalue weighted by Crippen LogP contribution is 2.38. The molecule has 2 amide bonds. The molecule has 4 rings (SSSR count). The van der Waals surface area contributed by atoms with Gasteiger partial charge < -0.3 is 4.90 Å². The first kappa shape index (κ1) is 25.1. The van der Waals surface area contributed by atoms with Crippen LogP contribution in [0.15, 0.2) is 30.3 Å². The van der Waals surface area contributed by atoms with Crippen molar-refractivity contribution in [2.75, 3.05) is 23.4 Å². The van der Waals surface area contributed by atoms with Crippen molar-refractivity contribution in [1.29, 1.82) is 0 Å². The van der Waals surface area contributed by atoms with Crippen molar-refractivity contribution in [3.8, 4) is 0 Å². The topological polar surface area (TPSA) is 111 Å². The third-order valence-corrected chi connectivity index (χ3v) is 6.98. The lowest BCUT2D eigenvalue weighted by atomic mass is 9.92. The van der Waals surface area contributed by atoms with E-state index in [2.05, 4.69) is 20.8 Å². The largest absolute Gasteiger partial charge is 0.347 e. The predicted octanol–water partition coefficient (Wildman–Crippen LogP) is 4.10. The van der Waals surface area contributed by atoms with Crippen molar-refractivity contribution < 1.29 is 19.2 Å². The Morgan fingerprint density at radius 2 is 1.97 bits per heavy atom. The minimum absolute atomic E-state index is 0.0474. The minimum Gasteiger partial charge on any atom is -0.347 e. The highest BCUT2D eigenvalue weighted by Gasteiger charge is 2.31. The van der Waals surface area contributed by atoms with E-state index >= 15 is 4.39 Å². The van der Waals surface area contributed by atoms with E-state index in [9.17, 15) is 14.8 Å². The van der Waals surface area contributed by atoms with Gasteiger partial charge in [0.15, 0.2) is 11.6 Å². The molecule has 1 saturated heterocycles. The van der Waals surface area contributed by atoms with Crippen LogP contribution in [-0.2, 0) is 9.59 Å². The zero-order chi connectivity index (χ0) is 24.8. The van der Waals surface area contributed by atoms with Crippen LogP contribution in [0.1, 0.15) is 56.6 Å². The molecule has 2 fully saturated rings. The SMILES string of the molecule is O=CN(O)C[C@H](CC1CCCC1)C(=O)NNc1nc(Cl)nc(N2CCC[C@H]2c2ccccc2)c1F. The highest BCUT2D eigenvalue weighted by atomic mass is 35.5. The second kappa shape index (κ2) is 11.6. The van der Waals surface area contributed by atoms with Crippen molar-refractivity contribution in [2.24, 2.45) is 11.8 Å². The van der Waals surface area contributed by atoms with E-state index in [1.807, 2.05) is 35.2 Å². The maximum absolute atomic E-state index is 15.5. The quantitative estimate of drug-likeness (QED) is 0.193. The van der Waals surface area contributed by atoms with Crippen LogP contribution < -0.4 is 15.8 Å². The lowest BCUT2D eigenvalue weighted by molar-refractivity contribution is -0.154. The van der Waals surface area contributed by atoms with Gasteiger partial charge in [0, 0.05) is 6.54 Å². The molecule has 2 aliphatic rings. The molecule has 2 heterocycles. The van der Waals surface area contributed by atoms with Crippen LogP contribution in [0.25, 0.3) is 0 Å². The molecule has 11 heteroatoms. The zero-order valence-corrected chi connectivity index (χ0v) is 20.1. The van der Waals surface area contributed by atoms with Crippen LogP contribution >= 0.6 is 11.6 Å². The average Bonchev–Trinajstić information content (AvgIpc) is 3.56. The molecular formula is C24H30ClFN6O3. The molecular weight excluding hydrogens is 475 g/mol. The molecule has 9 nitrogen and oxygen atoms in total. The number of nitrogens with zero attached hydrogens (tertiary/aromatic N) is 4. The number of hydrogen-bond donors (Lipinski definition) is 3. The first-order valence-electron chi connectivity index (χ1n) is 12.0. The molecule has 188 valence electrons. The lowest BCUT2D eigenvalue weighted by Crippen LogP contribution is -2.41. The number of carbonyl (C=O) groups excluding carboxylic acids is 2. The number of amides is 2. The summed E-state index contributed by atoms with van der Waals surface area (Å²) in [5.74, 6) is -1.70. The Kier molecular flexibility index (Phi) is 8.35. The fraction of sp³-hybridized carbons (Fsp3) is 0.500. The molecule has 0 unspecified atom stereocenters. The summed E-state index contributed by atoms with van der Waals surface area (Å²) in [5.41, 5.74) is 6.08. The van der Waals surface area contributed by atoms with Crippen molar-refractivity contribution >= 4 is 35.6 Å². The molecule has 1 aliphatic heterocycles. The van der Waals surface area contributed by atoms with E-state index < -0.39 is 17.6 Å². The van der Waals surface area contributed by atoms with Crippen LogP contribution in [0.3, 0.4) is 0 Å². The van der Waals surface area contributed by atoms with Crippen molar-refractivity contribution in [3.05, 3.63) is 47.0 Å². The minimum atomic E-state index is -0.721. The summed E-state index contributed by atoms with van der Waals surface area (Å²) in [7, 11) is 0. The number of anilines is 2. The van der Waals surface area contributed by atoms with E-state index in [0.717, 1.165) is 44.1 Å². The Hall–Kier alpha value is -2.98. The Labute approximate surface area is 208 Å². The highest BCUT2D eigenvalue weighted by molar-refractivity contribution is 6.28. The first-order valence-corrected chi connectivity index (χ1v) is 12.4. The smallest absolute Gasteiger partial charge is 0.243 e. The number of nitrogens with one attached hydrogen (secondary N) is 2. The fourth-order valence-corrected chi connectivity index (χ4v) is 5.29. The molecule has 1 saturated carbocycles. The number of hydroxylamine groups is 2. The van der Waals surface area contributed by atoms with Gasteiger partial charge in [-0.25, -0.2) is 5.06 Å². The predicted molar refractivity (Wildman–Crippen MR) is 129 cm³/mol. The Morgan fingerprint density at radius 1 is 1.23 bits per heavy atom. The number of benzene rings is 1. The maximum atomic E-state index is 15.5. The standard InChI is InChI=1S/C24H30ClFN6O3/c25-24-27-21(29-30-23(34)18(14-31(35)15-33)13-16-7-4-5-8-16)20(26)22(28-24)32-12-6-11-19(32)17-9-2-1-3-10-17/h1-3,9-10,15-16,18-19,35H,4-8,11-14H2,(H,30,34)(H,27,28,29)/t18-,19-/m0/s1. The van der Waals surface area contributed by atoms with E-state index in [1.54, 1.807) is 0 Å². The molecule has 0 bridgehead atoms. The molecule has 1 aromatic carbocycles. The fourth-order valence-electron chi connectivity index (χ4n) is 5.13. The second-order valence-electron chi connectivity index (χ2n) is 9.17. The lowest BCUT2D eigenvalue weighted by Gasteiger charge is -2.27. The van der Waals surface area contributed by atoms with Gasteiger partial charge in [-0.05, 0) is 42.3 Å². The molecule has 0 radical (unpaired) electrons. The van der Waals surface area contributed by atoms with Gasteiger partial charge in [0.2, 0.25) is 23.4 Å². The number of hydrazine groups is 1. The van der Waals surface area contributed by atoms with Gasteiger partial charge in [-0.1, -0.05) is 56.0 Å². The molecule has 35 heavy (non-hydrogen) atoms. The van der Waals surface area contributed by atoms with Gasteiger partial charge in [0.25, 0.3) is 0 Å². The van der Waals surface area contributed by atoms with Crippen LogP contribution in [0.4, 0.5) is 16.0 Å². The van der Waals surface area contributed by atoms with E-state index in [-0.39, 0.29) is 35.9 Å². The molecule has 2 aromatic rings. The van der Waals surface area contributed by atoms with Gasteiger partial charge in [0.1, 0.15) is 0 Å². The van der Waals surface area contributed by atoms with Gasteiger partial charge in [-0.3, -0.25) is 25.6 Å². The third-order valence-electron chi connectivity index (χ3n) is 6.81. The summed E-state index contributed by atoms with van der Waals surface area (Å²) < 4.78 is 15.5. The summed E-state index contributed by atoms with van der Waals surface area (Å²) in [5, 5.41) is 9.96. The van der Waals surface area contributed by atoms with Crippen molar-refractivity contribution in [2.45, 2.75) is 51.0 Å². The normalized spacial score (nSPS) is 18.9. The summed E-state index contributed by atoms with van der Waals surface area (Å²) in [6, 6.07) is 9.76. The zero-order valence-electron chi connectivity index (χ0n) is 19.4. The second-order valence-corrected chi connectivity index (χ2v) is 9.50.